The molecule has 4 aromatic rings. The fourth-order valence-electron chi connectivity index (χ4n) is 2.97. The van der Waals surface area contributed by atoms with E-state index in [1.54, 1.807) is 54.6 Å². The summed E-state index contributed by atoms with van der Waals surface area (Å²) in [5.74, 6) is -0.413. The zero-order valence-electron chi connectivity index (χ0n) is 15.5. The van der Waals surface area contributed by atoms with Crippen molar-refractivity contribution in [1.82, 2.24) is 4.98 Å². The van der Waals surface area contributed by atoms with Crippen LogP contribution in [0.25, 0.3) is 22.7 Å². The van der Waals surface area contributed by atoms with Crippen LogP contribution in [0.2, 0.25) is 0 Å². The van der Waals surface area contributed by atoms with Gasteiger partial charge in [0.2, 0.25) is 0 Å². The molecule has 0 radical (unpaired) electrons. The number of allylic oxidation sites excluding steroid dienone is 1. The SMILES string of the molecule is O=C(/C(=C/c1ccc([N+](=O)[O-])cc1)c1nc2ccccc2oc1=O)c1ccccc1. The molecule has 30 heavy (non-hydrogen) atoms. The number of nitro groups is 1. The average Bonchev–Trinajstić information content (AvgIpc) is 2.77. The molecule has 0 aliphatic rings. The maximum absolute atomic E-state index is 13.2. The number of nitrogens with zero attached hydrogens (tertiary/aromatic N) is 2. The minimum Gasteiger partial charge on any atom is -0.419 e. The van der Waals surface area contributed by atoms with Gasteiger partial charge in [0.15, 0.2) is 17.1 Å². The molecule has 7 heteroatoms. The summed E-state index contributed by atoms with van der Waals surface area (Å²) in [5, 5.41) is 10.9. The van der Waals surface area contributed by atoms with Crippen LogP contribution in [0, 0.1) is 10.1 Å². The molecule has 0 fully saturated rings. The van der Waals surface area contributed by atoms with Gasteiger partial charge in [0.1, 0.15) is 5.52 Å². The quantitative estimate of drug-likeness (QED) is 0.212. The number of ketones is 1. The Morgan fingerprint density at radius 2 is 1.60 bits per heavy atom. The molecule has 0 saturated heterocycles. The Balaban J connectivity index is 1.90. The van der Waals surface area contributed by atoms with E-state index in [0.29, 0.717) is 22.2 Å². The third kappa shape index (κ3) is 3.77. The van der Waals surface area contributed by atoms with Crippen molar-refractivity contribution in [2.75, 3.05) is 0 Å². The summed E-state index contributed by atoms with van der Waals surface area (Å²) in [6, 6.07) is 20.9. The van der Waals surface area contributed by atoms with Crippen LogP contribution in [0.5, 0.6) is 0 Å². The number of hydrogen-bond donors (Lipinski definition) is 0. The maximum atomic E-state index is 13.2. The number of aromatic nitrogens is 1. The average molecular weight is 398 g/mol. The Morgan fingerprint density at radius 1 is 0.933 bits per heavy atom. The van der Waals surface area contributed by atoms with Crippen LogP contribution in [-0.4, -0.2) is 15.7 Å². The second-order valence-electron chi connectivity index (χ2n) is 6.42. The van der Waals surface area contributed by atoms with E-state index in [-0.39, 0.29) is 17.0 Å². The van der Waals surface area contributed by atoms with Gasteiger partial charge in [-0.1, -0.05) is 42.5 Å². The highest BCUT2D eigenvalue weighted by atomic mass is 16.6. The van der Waals surface area contributed by atoms with E-state index in [4.69, 9.17) is 4.42 Å². The molecule has 3 aromatic carbocycles. The van der Waals surface area contributed by atoms with Gasteiger partial charge in [-0.15, -0.1) is 0 Å². The largest absolute Gasteiger partial charge is 0.419 e. The van der Waals surface area contributed by atoms with Crippen LogP contribution in [0.15, 0.2) is 88.1 Å². The van der Waals surface area contributed by atoms with E-state index in [1.807, 2.05) is 0 Å². The van der Waals surface area contributed by atoms with Crippen molar-refractivity contribution < 1.29 is 14.1 Å². The highest BCUT2D eigenvalue weighted by Gasteiger charge is 2.21. The number of Topliss-reactive ketones (excluding diaryl/α,β-unsaturated/α-hetero) is 1. The van der Waals surface area contributed by atoms with Gasteiger partial charge in [0, 0.05) is 17.7 Å². The zero-order chi connectivity index (χ0) is 21.1. The van der Waals surface area contributed by atoms with Crippen LogP contribution in [-0.2, 0) is 0 Å². The number of carbonyl (C=O) groups is 1. The second-order valence-corrected chi connectivity index (χ2v) is 6.42. The number of fused-ring (bicyclic) bond motifs is 1. The Morgan fingerprint density at radius 3 is 2.30 bits per heavy atom. The number of hydrogen-bond acceptors (Lipinski definition) is 6. The molecule has 0 atom stereocenters. The van der Waals surface area contributed by atoms with Crippen LogP contribution in [0.4, 0.5) is 5.69 Å². The van der Waals surface area contributed by atoms with E-state index >= 15 is 0 Å². The third-order valence-corrected chi connectivity index (χ3v) is 4.44. The molecule has 0 unspecified atom stereocenters. The van der Waals surface area contributed by atoms with Crippen molar-refractivity contribution in [1.29, 1.82) is 0 Å². The number of carbonyl (C=O) groups excluding carboxylic acids is 1. The van der Waals surface area contributed by atoms with Crippen LogP contribution < -0.4 is 5.63 Å². The molecule has 1 heterocycles. The van der Waals surface area contributed by atoms with Gasteiger partial charge in [-0.2, -0.15) is 0 Å². The first-order valence-electron chi connectivity index (χ1n) is 8.99. The lowest BCUT2D eigenvalue weighted by molar-refractivity contribution is -0.384. The predicted octanol–water partition coefficient (Wildman–Crippen LogP) is 4.52. The highest BCUT2D eigenvalue weighted by Crippen LogP contribution is 2.23. The van der Waals surface area contributed by atoms with Crippen molar-refractivity contribution in [3.05, 3.63) is 116 Å². The van der Waals surface area contributed by atoms with Crippen LogP contribution >= 0.6 is 0 Å². The van der Waals surface area contributed by atoms with Gasteiger partial charge in [-0.05, 0) is 35.9 Å². The molecule has 0 aliphatic heterocycles. The van der Waals surface area contributed by atoms with Gasteiger partial charge < -0.3 is 4.42 Å². The Hall–Kier alpha value is -4.39. The molecule has 146 valence electrons. The second kappa shape index (κ2) is 7.92. The van der Waals surface area contributed by atoms with E-state index in [1.165, 1.54) is 30.3 Å². The van der Waals surface area contributed by atoms with E-state index < -0.39 is 16.3 Å². The van der Waals surface area contributed by atoms with Gasteiger partial charge in [0.25, 0.3) is 5.69 Å². The van der Waals surface area contributed by atoms with Gasteiger partial charge in [-0.25, -0.2) is 9.78 Å². The van der Waals surface area contributed by atoms with Crippen molar-refractivity contribution in [2.45, 2.75) is 0 Å². The number of non-ortho nitro benzene ring substituents is 1. The molecule has 7 nitrogen and oxygen atoms in total. The first kappa shape index (κ1) is 18.9. The molecule has 0 saturated carbocycles. The monoisotopic (exact) mass is 398 g/mol. The lowest BCUT2D eigenvalue weighted by Crippen LogP contribution is -2.15. The highest BCUT2D eigenvalue weighted by molar-refractivity contribution is 6.32. The van der Waals surface area contributed by atoms with Crippen molar-refractivity contribution >= 4 is 34.2 Å². The Bertz CT molecular complexity index is 1340. The molecule has 0 aliphatic carbocycles. The van der Waals surface area contributed by atoms with Crippen molar-refractivity contribution in [3.63, 3.8) is 0 Å². The standard InChI is InChI=1S/C23H14N2O5/c26-22(16-6-2-1-3-7-16)18(14-15-10-12-17(13-11-15)25(28)29)21-23(27)30-20-9-5-4-8-19(20)24-21/h1-14H/b18-14+. The number of nitro benzene ring substituents is 1. The lowest BCUT2D eigenvalue weighted by Gasteiger charge is -2.07. The topological polar surface area (TPSA) is 103 Å². The Labute approximate surface area is 170 Å². The summed E-state index contributed by atoms with van der Waals surface area (Å²) in [6.45, 7) is 0. The summed E-state index contributed by atoms with van der Waals surface area (Å²) in [4.78, 5) is 40.6. The van der Waals surface area contributed by atoms with Gasteiger partial charge in [0.05, 0.1) is 10.5 Å². The normalized spacial score (nSPS) is 11.4. The molecule has 1 aromatic heterocycles. The molecule has 0 spiro atoms. The molecular weight excluding hydrogens is 384 g/mol. The molecular formula is C23H14N2O5. The van der Waals surface area contributed by atoms with E-state index in [2.05, 4.69) is 4.98 Å². The Kier molecular flexibility index (Phi) is 5.00. The summed E-state index contributed by atoms with van der Waals surface area (Å²) in [6.07, 6.45) is 1.48. The van der Waals surface area contributed by atoms with Crippen LogP contribution in [0.3, 0.4) is 0 Å². The van der Waals surface area contributed by atoms with Gasteiger partial charge in [-0.3, -0.25) is 14.9 Å². The smallest absolute Gasteiger partial charge is 0.363 e. The molecule has 0 N–H and O–H groups in total. The van der Waals surface area contributed by atoms with Crippen LogP contribution in [0.1, 0.15) is 21.6 Å². The number of rotatable bonds is 5. The summed E-state index contributed by atoms with van der Waals surface area (Å²) >= 11 is 0. The molecule has 0 amide bonds. The fraction of sp³-hybridized carbons (Fsp3) is 0. The summed E-state index contributed by atoms with van der Waals surface area (Å²) in [7, 11) is 0. The lowest BCUT2D eigenvalue weighted by atomic mass is 9.98. The zero-order valence-corrected chi connectivity index (χ0v) is 15.5. The summed E-state index contributed by atoms with van der Waals surface area (Å²) < 4.78 is 5.35. The first-order valence-corrected chi connectivity index (χ1v) is 8.99. The first-order chi connectivity index (χ1) is 14.5. The number of para-hydroxylation sites is 2. The van der Waals surface area contributed by atoms with Crippen molar-refractivity contribution in [3.8, 4) is 0 Å². The predicted molar refractivity (Wildman–Crippen MR) is 112 cm³/mol. The molecule has 4 rings (SSSR count). The van der Waals surface area contributed by atoms with Crippen molar-refractivity contribution in [2.24, 2.45) is 0 Å². The minimum atomic E-state index is -0.744. The van der Waals surface area contributed by atoms with E-state index in [9.17, 15) is 19.7 Å². The van der Waals surface area contributed by atoms with E-state index in [0.717, 1.165) is 0 Å². The minimum absolute atomic E-state index is 0.0366. The third-order valence-electron chi connectivity index (χ3n) is 4.44. The fourth-order valence-corrected chi connectivity index (χ4v) is 2.97. The number of benzene rings is 3. The maximum Gasteiger partial charge on any atom is 0.363 e. The summed E-state index contributed by atoms with van der Waals surface area (Å²) in [5.41, 5.74) is 0.720. The van der Waals surface area contributed by atoms with Gasteiger partial charge >= 0.3 is 5.63 Å². The molecule has 0 bridgehead atoms.